The number of rotatable bonds is 11. The van der Waals surface area contributed by atoms with Gasteiger partial charge in [-0.2, -0.15) is 0 Å². The molecule has 2 N–H and O–H groups in total. The molecular formula is C16H32N2O2. The second kappa shape index (κ2) is 11.7. The molecular weight excluding hydrogens is 252 g/mol. The maximum atomic E-state index is 11.4. The van der Waals surface area contributed by atoms with Crippen molar-refractivity contribution in [3.63, 3.8) is 0 Å². The summed E-state index contributed by atoms with van der Waals surface area (Å²) in [6.07, 6.45) is 7.71. The van der Waals surface area contributed by atoms with Gasteiger partial charge in [0.05, 0.1) is 0 Å². The summed E-state index contributed by atoms with van der Waals surface area (Å²) < 4.78 is 0. The summed E-state index contributed by atoms with van der Waals surface area (Å²) >= 11 is 0. The first-order valence-corrected chi connectivity index (χ1v) is 8.00. The molecule has 0 radical (unpaired) electrons. The van der Waals surface area contributed by atoms with Crippen LogP contribution < -0.4 is 10.6 Å². The first-order chi connectivity index (χ1) is 9.41. The second-order valence-corrected chi connectivity index (χ2v) is 6.07. The third kappa shape index (κ3) is 13.4. The molecule has 0 aromatic heterocycles. The molecule has 20 heavy (non-hydrogen) atoms. The van der Waals surface area contributed by atoms with Crippen LogP contribution in [0.4, 0.5) is 0 Å². The first kappa shape index (κ1) is 18.9. The molecule has 0 aliphatic heterocycles. The lowest BCUT2D eigenvalue weighted by molar-refractivity contribution is -0.122. The van der Waals surface area contributed by atoms with Gasteiger partial charge in [-0.15, -0.1) is 0 Å². The fourth-order valence-corrected chi connectivity index (χ4v) is 2.07. The highest BCUT2D eigenvalue weighted by molar-refractivity contribution is 5.76. The van der Waals surface area contributed by atoms with Gasteiger partial charge in [0.1, 0.15) is 0 Å². The van der Waals surface area contributed by atoms with Crippen LogP contribution in [0.5, 0.6) is 0 Å². The third-order valence-corrected chi connectivity index (χ3v) is 2.96. The molecule has 0 saturated carbocycles. The molecule has 0 saturated heterocycles. The molecule has 0 aliphatic rings. The van der Waals surface area contributed by atoms with Gasteiger partial charge in [-0.3, -0.25) is 9.59 Å². The number of carbonyl (C=O) groups excluding carboxylic acids is 2. The van der Waals surface area contributed by atoms with Crippen LogP contribution in [0.25, 0.3) is 0 Å². The van der Waals surface area contributed by atoms with Gasteiger partial charge in [0, 0.05) is 24.9 Å². The Balaban J connectivity index is 3.29. The van der Waals surface area contributed by atoms with Crippen LogP contribution in [0.3, 0.4) is 0 Å². The number of unbranched alkanes of at least 4 members (excludes halogenated alkanes) is 5. The molecule has 0 aliphatic carbocycles. The largest absolute Gasteiger partial charge is 0.354 e. The number of nitrogens with one attached hydrogen (secondary N) is 2. The monoisotopic (exact) mass is 284 g/mol. The van der Waals surface area contributed by atoms with E-state index in [-0.39, 0.29) is 23.9 Å². The maximum absolute atomic E-state index is 11.4. The molecule has 0 aromatic carbocycles. The van der Waals surface area contributed by atoms with E-state index >= 15 is 0 Å². The van der Waals surface area contributed by atoms with E-state index in [1.165, 1.54) is 0 Å². The molecule has 0 spiro atoms. The second-order valence-electron chi connectivity index (χ2n) is 6.07. The van der Waals surface area contributed by atoms with Gasteiger partial charge in [0.15, 0.2) is 0 Å². The topological polar surface area (TPSA) is 58.2 Å². The highest BCUT2D eigenvalue weighted by atomic mass is 16.2. The van der Waals surface area contributed by atoms with Crippen molar-refractivity contribution in [2.75, 3.05) is 0 Å². The van der Waals surface area contributed by atoms with E-state index in [2.05, 4.69) is 10.6 Å². The van der Waals surface area contributed by atoms with Crippen LogP contribution in [-0.2, 0) is 9.59 Å². The lowest BCUT2D eigenvalue weighted by Gasteiger charge is -2.08. The molecule has 4 heteroatoms. The highest BCUT2D eigenvalue weighted by Crippen LogP contribution is 2.08. The highest BCUT2D eigenvalue weighted by Gasteiger charge is 2.03. The van der Waals surface area contributed by atoms with Gasteiger partial charge >= 0.3 is 0 Å². The molecule has 0 heterocycles. The number of hydrogen-bond donors (Lipinski definition) is 2. The Morgan fingerprint density at radius 2 is 0.950 bits per heavy atom. The minimum Gasteiger partial charge on any atom is -0.354 e. The summed E-state index contributed by atoms with van der Waals surface area (Å²) in [5.41, 5.74) is 0. The Labute approximate surface area is 124 Å². The Morgan fingerprint density at radius 1 is 0.650 bits per heavy atom. The van der Waals surface area contributed by atoms with Crippen molar-refractivity contribution in [3.05, 3.63) is 0 Å². The van der Waals surface area contributed by atoms with E-state index < -0.39 is 0 Å². The molecule has 2 amide bonds. The number of hydrogen-bond acceptors (Lipinski definition) is 2. The summed E-state index contributed by atoms with van der Waals surface area (Å²) in [5, 5.41) is 5.80. The van der Waals surface area contributed by atoms with Crippen LogP contribution in [-0.4, -0.2) is 23.9 Å². The van der Waals surface area contributed by atoms with Crippen LogP contribution in [0.1, 0.15) is 79.1 Å². The standard InChI is InChI=1S/C16H32N2O2/c1-13(2)17-15(19)11-9-7-5-6-8-10-12-16(20)18-14(3)4/h13-14H,5-12H2,1-4H3,(H,17,19)(H,18,20). The van der Waals surface area contributed by atoms with E-state index in [1.54, 1.807) is 0 Å². The minimum absolute atomic E-state index is 0.158. The Hall–Kier alpha value is -1.06. The van der Waals surface area contributed by atoms with E-state index in [0.29, 0.717) is 12.8 Å². The van der Waals surface area contributed by atoms with Crippen molar-refractivity contribution in [3.8, 4) is 0 Å². The molecule has 4 nitrogen and oxygen atoms in total. The van der Waals surface area contributed by atoms with E-state index in [9.17, 15) is 9.59 Å². The Kier molecular flexibility index (Phi) is 11.1. The van der Waals surface area contributed by atoms with E-state index in [0.717, 1.165) is 38.5 Å². The van der Waals surface area contributed by atoms with Gasteiger partial charge in [-0.1, -0.05) is 25.7 Å². The van der Waals surface area contributed by atoms with Crippen molar-refractivity contribution in [1.82, 2.24) is 10.6 Å². The predicted octanol–water partition coefficient (Wildman–Crippen LogP) is 3.16. The van der Waals surface area contributed by atoms with E-state index in [4.69, 9.17) is 0 Å². The summed E-state index contributed by atoms with van der Waals surface area (Å²) in [7, 11) is 0. The first-order valence-electron chi connectivity index (χ1n) is 8.00. The average Bonchev–Trinajstić information content (AvgIpc) is 2.30. The zero-order valence-electron chi connectivity index (χ0n) is 13.6. The summed E-state index contributed by atoms with van der Waals surface area (Å²) in [6, 6.07) is 0.471. The molecule has 0 unspecified atom stereocenters. The molecule has 118 valence electrons. The van der Waals surface area contributed by atoms with Crippen LogP contribution >= 0.6 is 0 Å². The zero-order chi connectivity index (χ0) is 15.4. The molecule has 0 rings (SSSR count). The number of carbonyl (C=O) groups is 2. The fourth-order valence-electron chi connectivity index (χ4n) is 2.07. The van der Waals surface area contributed by atoms with Crippen LogP contribution in [0.2, 0.25) is 0 Å². The predicted molar refractivity (Wildman–Crippen MR) is 83.5 cm³/mol. The van der Waals surface area contributed by atoms with Crippen molar-refractivity contribution >= 4 is 11.8 Å². The van der Waals surface area contributed by atoms with Gasteiger partial charge in [0.25, 0.3) is 0 Å². The van der Waals surface area contributed by atoms with Gasteiger partial charge < -0.3 is 10.6 Å². The van der Waals surface area contributed by atoms with Gasteiger partial charge in [0.2, 0.25) is 11.8 Å². The molecule has 0 fully saturated rings. The number of amides is 2. The fraction of sp³-hybridized carbons (Fsp3) is 0.875. The van der Waals surface area contributed by atoms with Gasteiger partial charge in [-0.25, -0.2) is 0 Å². The van der Waals surface area contributed by atoms with Crippen LogP contribution in [0.15, 0.2) is 0 Å². The molecule has 0 bridgehead atoms. The van der Waals surface area contributed by atoms with Gasteiger partial charge in [-0.05, 0) is 40.5 Å². The quantitative estimate of drug-likeness (QED) is 0.573. The van der Waals surface area contributed by atoms with Crippen molar-refractivity contribution in [2.24, 2.45) is 0 Å². The summed E-state index contributed by atoms with van der Waals surface area (Å²) in [4.78, 5) is 22.8. The SMILES string of the molecule is CC(C)NC(=O)CCCCCCCCC(=O)NC(C)C. The van der Waals surface area contributed by atoms with Crippen LogP contribution in [0, 0.1) is 0 Å². The Morgan fingerprint density at radius 3 is 1.25 bits per heavy atom. The normalized spacial score (nSPS) is 10.9. The smallest absolute Gasteiger partial charge is 0.220 e. The summed E-state index contributed by atoms with van der Waals surface area (Å²) in [6.45, 7) is 7.92. The van der Waals surface area contributed by atoms with Crippen molar-refractivity contribution in [1.29, 1.82) is 0 Å². The zero-order valence-corrected chi connectivity index (χ0v) is 13.6. The minimum atomic E-state index is 0.158. The Bertz CT molecular complexity index is 248. The van der Waals surface area contributed by atoms with E-state index in [1.807, 2.05) is 27.7 Å². The summed E-state index contributed by atoms with van der Waals surface area (Å²) in [5.74, 6) is 0.315. The lowest BCUT2D eigenvalue weighted by Crippen LogP contribution is -2.29. The van der Waals surface area contributed by atoms with Crippen molar-refractivity contribution < 1.29 is 9.59 Å². The average molecular weight is 284 g/mol. The third-order valence-electron chi connectivity index (χ3n) is 2.96. The van der Waals surface area contributed by atoms with Crippen molar-refractivity contribution in [2.45, 2.75) is 91.1 Å². The maximum Gasteiger partial charge on any atom is 0.220 e. The lowest BCUT2D eigenvalue weighted by atomic mass is 10.1. The molecule has 0 atom stereocenters. The molecule has 0 aromatic rings.